The van der Waals surface area contributed by atoms with Crippen molar-refractivity contribution < 1.29 is 9.53 Å². The van der Waals surface area contributed by atoms with Crippen LogP contribution in [0, 0.1) is 0 Å². The van der Waals surface area contributed by atoms with Crippen molar-refractivity contribution in [1.29, 1.82) is 0 Å². The predicted octanol–water partition coefficient (Wildman–Crippen LogP) is 5.51. The van der Waals surface area contributed by atoms with E-state index in [1.54, 1.807) is 4.57 Å². The summed E-state index contributed by atoms with van der Waals surface area (Å²) in [4.78, 5) is 13.0. The third-order valence-corrected chi connectivity index (χ3v) is 4.71. The largest absolute Gasteiger partial charge is 0.443 e. The molecule has 4 heteroatoms. The van der Waals surface area contributed by atoms with Crippen LogP contribution in [-0.2, 0) is 18.2 Å². The van der Waals surface area contributed by atoms with Crippen LogP contribution in [0.2, 0.25) is 0 Å². The standard InChI is InChI=1S/C23H24N2O2/c1-23(2,3)27-22(26)25-18(13-16-9-5-7-11-20(16)25)14-17-15-24(4)21-12-8-6-10-19(17)21/h5-13,15H,14H2,1-4H3. The summed E-state index contributed by atoms with van der Waals surface area (Å²) in [5, 5.41) is 2.25. The Morgan fingerprint density at radius 3 is 2.41 bits per heavy atom. The van der Waals surface area contributed by atoms with Crippen LogP contribution in [0.15, 0.2) is 60.8 Å². The summed E-state index contributed by atoms with van der Waals surface area (Å²) in [5.74, 6) is 0. The molecule has 0 amide bonds. The summed E-state index contributed by atoms with van der Waals surface area (Å²) in [6, 6.07) is 18.4. The summed E-state index contributed by atoms with van der Waals surface area (Å²) in [6.45, 7) is 5.67. The lowest BCUT2D eigenvalue weighted by molar-refractivity contribution is 0.0541. The van der Waals surface area contributed by atoms with Gasteiger partial charge in [-0.1, -0.05) is 36.4 Å². The molecule has 0 spiro atoms. The smallest absolute Gasteiger partial charge is 0.419 e. The average molecular weight is 360 g/mol. The van der Waals surface area contributed by atoms with Gasteiger partial charge in [-0.25, -0.2) is 9.36 Å². The fourth-order valence-corrected chi connectivity index (χ4v) is 3.63. The van der Waals surface area contributed by atoms with Gasteiger partial charge in [-0.2, -0.15) is 0 Å². The van der Waals surface area contributed by atoms with Crippen molar-refractivity contribution in [2.45, 2.75) is 32.8 Å². The molecular formula is C23H24N2O2. The molecule has 2 aromatic carbocycles. The highest BCUT2D eigenvalue weighted by atomic mass is 16.6. The summed E-state index contributed by atoms with van der Waals surface area (Å²) in [5.41, 5.74) is 3.65. The van der Waals surface area contributed by atoms with Gasteiger partial charge in [0.2, 0.25) is 0 Å². The number of nitrogens with zero attached hydrogens (tertiary/aromatic N) is 2. The molecule has 0 aliphatic heterocycles. The summed E-state index contributed by atoms with van der Waals surface area (Å²) < 4.78 is 9.52. The number of para-hydroxylation sites is 2. The topological polar surface area (TPSA) is 36.2 Å². The molecule has 27 heavy (non-hydrogen) atoms. The van der Waals surface area contributed by atoms with E-state index in [0.29, 0.717) is 6.42 Å². The number of hydrogen-bond donors (Lipinski definition) is 0. The molecular weight excluding hydrogens is 336 g/mol. The first-order valence-electron chi connectivity index (χ1n) is 9.19. The molecule has 0 saturated heterocycles. The van der Waals surface area contributed by atoms with Gasteiger partial charge in [0.15, 0.2) is 0 Å². The van der Waals surface area contributed by atoms with Crippen molar-refractivity contribution in [2.24, 2.45) is 7.05 Å². The van der Waals surface area contributed by atoms with E-state index in [-0.39, 0.29) is 6.09 Å². The van der Waals surface area contributed by atoms with Crippen molar-refractivity contribution in [2.75, 3.05) is 0 Å². The molecule has 0 saturated carbocycles. The van der Waals surface area contributed by atoms with Gasteiger partial charge in [-0.3, -0.25) is 0 Å². The number of hydrogen-bond acceptors (Lipinski definition) is 2. The van der Waals surface area contributed by atoms with Gasteiger partial charge in [-0.15, -0.1) is 0 Å². The molecule has 0 radical (unpaired) electrons. The van der Waals surface area contributed by atoms with Crippen molar-refractivity contribution in [3.05, 3.63) is 72.1 Å². The molecule has 138 valence electrons. The number of rotatable bonds is 2. The summed E-state index contributed by atoms with van der Waals surface area (Å²) in [6.07, 6.45) is 2.47. The number of carbonyl (C=O) groups is 1. The first kappa shape index (κ1) is 17.4. The number of carbonyl (C=O) groups excluding carboxylic acids is 1. The van der Waals surface area contributed by atoms with E-state index in [2.05, 4.69) is 42.1 Å². The van der Waals surface area contributed by atoms with Gasteiger partial charge in [0.1, 0.15) is 5.60 Å². The summed E-state index contributed by atoms with van der Waals surface area (Å²) in [7, 11) is 2.05. The number of fused-ring (bicyclic) bond motifs is 2. The minimum absolute atomic E-state index is 0.334. The van der Waals surface area contributed by atoms with Gasteiger partial charge in [0.25, 0.3) is 0 Å². The molecule has 0 atom stereocenters. The summed E-state index contributed by atoms with van der Waals surface area (Å²) >= 11 is 0. The monoisotopic (exact) mass is 360 g/mol. The van der Waals surface area contributed by atoms with Gasteiger partial charge >= 0.3 is 6.09 Å². The van der Waals surface area contributed by atoms with E-state index in [9.17, 15) is 4.79 Å². The van der Waals surface area contributed by atoms with Crippen LogP contribution in [0.25, 0.3) is 21.8 Å². The highest BCUT2D eigenvalue weighted by molar-refractivity contribution is 5.91. The number of aromatic nitrogens is 2. The Morgan fingerprint density at radius 2 is 1.67 bits per heavy atom. The van der Waals surface area contributed by atoms with Crippen molar-refractivity contribution >= 4 is 27.9 Å². The van der Waals surface area contributed by atoms with Crippen LogP contribution >= 0.6 is 0 Å². The first-order chi connectivity index (χ1) is 12.8. The van der Waals surface area contributed by atoms with Gasteiger partial charge < -0.3 is 9.30 Å². The fourth-order valence-electron chi connectivity index (χ4n) is 3.63. The molecule has 2 aromatic heterocycles. The molecule has 0 bridgehead atoms. The Morgan fingerprint density at radius 1 is 1.00 bits per heavy atom. The predicted molar refractivity (Wildman–Crippen MR) is 109 cm³/mol. The highest BCUT2D eigenvalue weighted by Gasteiger charge is 2.22. The molecule has 4 nitrogen and oxygen atoms in total. The lowest BCUT2D eigenvalue weighted by Gasteiger charge is -2.21. The number of benzene rings is 2. The van der Waals surface area contributed by atoms with Gasteiger partial charge in [0.05, 0.1) is 5.52 Å². The fraction of sp³-hybridized carbons (Fsp3) is 0.261. The van der Waals surface area contributed by atoms with E-state index < -0.39 is 5.60 Å². The SMILES string of the molecule is Cn1cc(Cc2cc3ccccc3n2C(=O)OC(C)(C)C)c2ccccc21. The van der Waals surface area contributed by atoms with Gasteiger partial charge in [-0.05, 0) is 44.5 Å². The molecule has 4 aromatic rings. The van der Waals surface area contributed by atoms with E-state index in [0.717, 1.165) is 16.6 Å². The maximum atomic E-state index is 13.0. The molecule has 0 aliphatic carbocycles. The lowest BCUT2D eigenvalue weighted by atomic mass is 10.1. The third-order valence-electron chi connectivity index (χ3n) is 4.71. The average Bonchev–Trinajstić information content (AvgIpc) is 3.12. The normalized spacial score (nSPS) is 12.0. The molecule has 2 heterocycles. The second-order valence-electron chi connectivity index (χ2n) is 7.97. The van der Waals surface area contributed by atoms with E-state index in [1.807, 2.05) is 51.1 Å². The molecule has 0 fully saturated rings. The molecule has 0 aliphatic rings. The lowest BCUT2D eigenvalue weighted by Crippen LogP contribution is -2.28. The van der Waals surface area contributed by atoms with Crippen LogP contribution in [0.3, 0.4) is 0 Å². The first-order valence-corrected chi connectivity index (χ1v) is 9.19. The zero-order chi connectivity index (χ0) is 19.2. The van der Waals surface area contributed by atoms with E-state index >= 15 is 0 Å². The van der Waals surface area contributed by atoms with Crippen molar-refractivity contribution in [3.8, 4) is 0 Å². The zero-order valence-corrected chi connectivity index (χ0v) is 16.2. The van der Waals surface area contributed by atoms with E-state index in [4.69, 9.17) is 4.74 Å². The number of aryl methyl sites for hydroxylation is 1. The second kappa shape index (κ2) is 6.31. The Hall–Kier alpha value is -3.01. The number of ether oxygens (including phenoxy) is 1. The van der Waals surface area contributed by atoms with Crippen LogP contribution in [-0.4, -0.2) is 20.8 Å². The molecule has 4 rings (SSSR count). The highest BCUT2D eigenvalue weighted by Crippen LogP contribution is 2.27. The second-order valence-corrected chi connectivity index (χ2v) is 7.97. The quantitative estimate of drug-likeness (QED) is 0.473. The maximum Gasteiger partial charge on any atom is 0.419 e. The van der Waals surface area contributed by atoms with Crippen LogP contribution in [0.4, 0.5) is 4.79 Å². The van der Waals surface area contributed by atoms with Gasteiger partial charge in [0, 0.05) is 41.6 Å². The molecule has 0 unspecified atom stereocenters. The van der Waals surface area contributed by atoms with Crippen molar-refractivity contribution in [3.63, 3.8) is 0 Å². The Labute approximate surface area is 159 Å². The van der Waals surface area contributed by atoms with E-state index in [1.165, 1.54) is 16.5 Å². The van der Waals surface area contributed by atoms with Crippen molar-refractivity contribution in [1.82, 2.24) is 9.13 Å². The molecule has 0 N–H and O–H groups in total. The Bertz CT molecular complexity index is 1140. The third kappa shape index (κ3) is 3.23. The Kier molecular flexibility index (Phi) is 4.06. The minimum Gasteiger partial charge on any atom is -0.443 e. The van der Waals surface area contributed by atoms with Crippen LogP contribution in [0.1, 0.15) is 32.0 Å². The van der Waals surface area contributed by atoms with Crippen LogP contribution in [0.5, 0.6) is 0 Å². The van der Waals surface area contributed by atoms with Crippen LogP contribution < -0.4 is 0 Å². The Balaban J connectivity index is 1.83. The zero-order valence-electron chi connectivity index (χ0n) is 16.2. The minimum atomic E-state index is -0.542. The maximum absolute atomic E-state index is 13.0.